The van der Waals surface area contributed by atoms with Crippen molar-refractivity contribution in [3.05, 3.63) is 41.9 Å². The Morgan fingerprint density at radius 3 is 2.61 bits per heavy atom. The van der Waals surface area contributed by atoms with Crippen LogP contribution in [0.1, 0.15) is 16.2 Å². The van der Waals surface area contributed by atoms with Crippen molar-refractivity contribution in [3.8, 4) is 0 Å². The van der Waals surface area contributed by atoms with Crippen LogP contribution in [0.2, 0.25) is 0 Å². The molecule has 2 aromatic heterocycles. The van der Waals surface area contributed by atoms with Gasteiger partial charge in [0, 0.05) is 38.1 Å². The highest BCUT2D eigenvalue weighted by Gasteiger charge is 2.24. The van der Waals surface area contributed by atoms with E-state index in [2.05, 4.69) is 19.9 Å². The molecule has 7 heteroatoms. The molecule has 0 radical (unpaired) electrons. The number of amides is 1. The van der Waals surface area contributed by atoms with Gasteiger partial charge < -0.3 is 9.80 Å². The van der Waals surface area contributed by atoms with Gasteiger partial charge in [0.25, 0.3) is 5.91 Å². The van der Waals surface area contributed by atoms with E-state index in [1.54, 1.807) is 12.3 Å². The van der Waals surface area contributed by atoms with Crippen LogP contribution in [0.4, 0.5) is 5.82 Å². The van der Waals surface area contributed by atoms with Crippen LogP contribution < -0.4 is 4.90 Å². The van der Waals surface area contributed by atoms with Crippen molar-refractivity contribution in [1.29, 1.82) is 0 Å². The quantitative estimate of drug-likeness (QED) is 0.633. The largest absolute Gasteiger partial charge is 0.353 e. The summed E-state index contributed by atoms with van der Waals surface area (Å²) in [5.41, 5.74) is 1.30. The fourth-order valence-corrected chi connectivity index (χ4v) is 3.01. The number of hydrogen-bond acceptors (Lipinski definition) is 6. The van der Waals surface area contributed by atoms with Crippen molar-refractivity contribution < 1.29 is 4.79 Å². The molecule has 0 N–H and O–H groups in total. The number of carbonyl (C=O) groups excluding carboxylic acids is 1. The number of piperazine rings is 1. The molecule has 1 aliphatic rings. The van der Waals surface area contributed by atoms with Gasteiger partial charge in [-0.05, 0) is 31.4 Å². The summed E-state index contributed by atoms with van der Waals surface area (Å²) in [7, 11) is 0. The molecule has 0 spiro atoms. The zero-order chi connectivity index (χ0) is 16.2. The maximum Gasteiger partial charge on any atom is 0.272 e. The standard InChI is InChI=1S/C16H19N5OS/c1-12-11-13(19-16(18-12)23-2)15(22)21-9-7-20(8-10-21)14-5-3-4-6-17-14/h3-6,11H,7-10H2,1-2H3. The highest BCUT2D eigenvalue weighted by molar-refractivity contribution is 7.98. The number of carbonyl (C=O) groups is 1. The summed E-state index contributed by atoms with van der Waals surface area (Å²) in [6.45, 7) is 4.79. The first kappa shape index (κ1) is 15.7. The number of anilines is 1. The lowest BCUT2D eigenvalue weighted by Crippen LogP contribution is -2.49. The van der Waals surface area contributed by atoms with Gasteiger partial charge in [0.2, 0.25) is 0 Å². The van der Waals surface area contributed by atoms with Crippen LogP contribution in [-0.2, 0) is 0 Å². The van der Waals surface area contributed by atoms with E-state index >= 15 is 0 Å². The smallest absolute Gasteiger partial charge is 0.272 e. The lowest BCUT2D eigenvalue weighted by atomic mass is 10.2. The van der Waals surface area contributed by atoms with Crippen LogP contribution in [-0.4, -0.2) is 58.2 Å². The third kappa shape index (κ3) is 3.61. The van der Waals surface area contributed by atoms with Crippen LogP contribution in [0, 0.1) is 6.92 Å². The van der Waals surface area contributed by atoms with Crippen molar-refractivity contribution in [2.24, 2.45) is 0 Å². The number of aryl methyl sites for hydroxylation is 1. The third-order valence-corrected chi connectivity index (χ3v) is 4.32. The summed E-state index contributed by atoms with van der Waals surface area (Å²) >= 11 is 1.45. The minimum absolute atomic E-state index is 0.0218. The predicted molar refractivity (Wildman–Crippen MR) is 90.9 cm³/mol. The van der Waals surface area contributed by atoms with E-state index in [0.717, 1.165) is 24.6 Å². The Balaban J connectivity index is 1.68. The Hall–Kier alpha value is -2.15. The highest BCUT2D eigenvalue weighted by atomic mass is 32.2. The molecule has 1 amide bonds. The van der Waals surface area contributed by atoms with E-state index in [9.17, 15) is 4.79 Å². The first-order valence-corrected chi connectivity index (χ1v) is 8.75. The van der Waals surface area contributed by atoms with Crippen LogP contribution in [0.25, 0.3) is 0 Å². The van der Waals surface area contributed by atoms with Crippen LogP contribution >= 0.6 is 11.8 Å². The molecule has 1 aliphatic heterocycles. The summed E-state index contributed by atoms with van der Waals surface area (Å²) in [5, 5.41) is 0.639. The summed E-state index contributed by atoms with van der Waals surface area (Å²) in [5.74, 6) is 0.939. The summed E-state index contributed by atoms with van der Waals surface area (Å²) in [4.78, 5) is 29.7. The lowest BCUT2D eigenvalue weighted by molar-refractivity contribution is 0.0739. The number of thioether (sulfide) groups is 1. The fourth-order valence-electron chi connectivity index (χ4n) is 2.58. The molecule has 120 valence electrons. The number of pyridine rings is 1. The highest BCUT2D eigenvalue weighted by Crippen LogP contribution is 2.16. The molecule has 0 aromatic carbocycles. The molecule has 0 saturated carbocycles. The SMILES string of the molecule is CSc1nc(C)cc(C(=O)N2CCN(c3ccccn3)CC2)n1. The molecule has 1 fully saturated rings. The second-order valence-corrected chi connectivity index (χ2v) is 6.12. The van der Waals surface area contributed by atoms with E-state index in [1.807, 2.05) is 36.3 Å². The Labute approximate surface area is 140 Å². The van der Waals surface area contributed by atoms with E-state index in [1.165, 1.54) is 11.8 Å². The predicted octanol–water partition coefficient (Wildman–Crippen LogP) is 1.86. The van der Waals surface area contributed by atoms with E-state index < -0.39 is 0 Å². The van der Waals surface area contributed by atoms with Crippen LogP contribution in [0.5, 0.6) is 0 Å². The second-order valence-electron chi connectivity index (χ2n) is 5.35. The van der Waals surface area contributed by atoms with Gasteiger partial charge in [0.05, 0.1) is 0 Å². The molecule has 0 atom stereocenters. The topological polar surface area (TPSA) is 62.2 Å². The monoisotopic (exact) mass is 329 g/mol. The average Bonchev–Trinajstić information content (AvgIpc) is 2.61. The molecule has 0 bridgehead atoms. The van der Waals surface area contributed by atoms with E-state index in [0.29, 0.717) is 23.9 Å². The molecular weight excluding hydrogens is 310 g/mol. The van der Waals surface area contributed by atoms with Gasteiger partial charge in [-0.15, -0.1) is 0 Å². The molecule has 3 heterocycles. The molecular formula is C16H19N5OS. The Morgan fingerprint density at radius 1 is 1.17 bits per heavy atom. The van der Waals surface area contributed by atoms with Gasteiger partial charge in [-0.25, -0.2) is 15.0 Å². The fraction of sp³-hybridized carbons (Fsp3) is 0.375. The van der Waals surface area contributed by atoms with Gasteiger partial charge >= 0.3 is 0 Å². The van der Waals surface area contributed by atoms with Crippen LogP contribution in [0.3, 0.4) is 0 Å². The maximum atomic E-state index is 12.7. The summed E-state index contributed by atoms with van der Waals surface area (Å²) < 4.78 is 0. The molecule has 23 heavy (non-hydrogen) atoms. The molecule has 0 unspecified atom stereocenters. The first-order valence-electron chi connectivity index (χ1n) is 7.52. The van der Waals surface area contributed by atoms with Gasteiger partial charge in [-0.1, -0.05) is 17.8 Å². The molecule has 2 aromatic rings. The second kappa shape index (κ2) is 6.95. The van der Waals surface area contributed by atoms with Crippen LogP contribution in [0.15, 0.2) is 35.6 Å². The average molecular weight is 329 g/mol. The van der Waals surface area contributed by atoms with Gasteiger partial charge in [-0.3, -0.25) is 4.79 Å². The van der Waals surface area contributed by atoms with E-state index in [4.69, 9.17) is 0 Å². The molecule has 6 nitrogen and oxygen atoms in total. The van der Waals surface area contributed by atoms with E-state index in [-0.39, 0.29) is 5.91 Å². The minimum atomic E-state index is -0.0218. The van der Waals surface area contributed by atoms with Crippen molar-refractivity contribution in [3.63, 3.8) is 0 Å². The van der Waals surface area contributed by atoms with Gasteiger partial charge in [0.15, 0.2) is 5.16 Å². The summed E-state index contributed by atoms with van der Waals surface area (Å²) in [6.07, 6.45) is 3.70. The van der Waals surface area contributed by atoms with Gasteiger partial charge in [0.1, 0.15) is 11.5 Å². The van der Waals surface area contributed by atoms with Crippen molar-refractivity contribution in [1.82, 2.24) is 19.9 Å². The zero-order valence-corrected chi connectivity index (χ0v) is 14.1. The lowest BCUT2D eigenvalue weighted by Gasteiger charge is -2.35. The number of hydrogen-bond donors (Lipinski definition) is 0. The maximum absolute atomic E-state index is 12.7. The Kier molecular flexibility index (Phi) is 4.76. The minimum Gasteiger partial charge on any atom is -0.353 e. The number of rotatable bonds is 3. The number of nitrogens with zero attached hydrogens (tertiary/aromatic N) is 5. The third-order valence-electron chi connectivity index (χ3n) is 3.78. The Bertz CT molecular complexity index is 686. The zero-order valence-electron chi connectivity index (χ0n) is 13.3. The van der Waals surface area contributed by atoms with Crippen molar-refractivity contribution >= 4 is 23.5 Å². The molecule has 0 aliphatic carbocycles. The van der Waals surface area contributed by atoms with Crippen molar-refractivity contribution in [2.45, 2.75) is 12.1 Å². The summed E-state index contributed by atoms with van der Waals surface area (Å²) in [6, 6.07) is 7.64. The molecule has 1 saturated heterocycles. The van der Waals surface area contributed by atoms with Gasteiger partial charge in [-0.2, -0.15) is 0 Å². The number of aromatic nitrogens is 3. The normalized spacial score (nSPS) is 14.9. The van der Waals surface area contributed by atoms with Crippen molar-refractivity contribution in [2.75, 3.05) is 37.3 Å². The first-order chi connectivity index (χ1) is 11.2. The molecule has 3 rings (SSSR count). The Morgan fingerprint density at radius 2 is 1.96 bits per heavy atom.